The molecule has 0 spiro atoms. The molecule has 0 saturated carbocycles. The van der Waals surface area contributed by atoms with Gasteiger partial charge in [0.25, 0.3) is 5.91 Å². The summed E-state index contributed by atoms with van der Waals surface area (Å²) in [6.45, 7) is 2.51. The maximum Gasteiger partial charge on any atom is 0.358 e. The number of aromatic nitrogens is 1. The fraction of sp³-hybridized carbons (Fsp3) is 0.389. The van der Waals surface area contributed by atoms with Crippen LogP contribution < -0.4 is 0 Å². The Morgan fingerprint density at radius 1 is 1.40 bits per heavy atom. The zero-order valence-corrected chi connectivity index (χ0v) is 15.5. The van der Waals surface area contributed by atoms with E-state index in [0.29, 0.717) is 10.0 Å². The van der Waals surface area contributed by atoms with Crippen molar-refractivity contribution in [1.82, 2.24) is 9.88 Å². The molecule has 1 aromatic heterocycles. The predicted octanol–water partition coefficient (Wildman–Crippen LogP) is 4.02. The molecule has 7 heteroatoms. The Labute approximate surface area is 155 Å². The van der Waals surface area contributed by atoms with Crippen LogP contribution >= 0.6 is 22.9 Å². The predicted molar refractivity (Wildman–Crippen MR) is 97.9 cm³/mol. The molecule has 5 nitrogen and oxygen atoms in total. The number of amides is 1. The second-order valence-electron chi connectivity index (χ2n) is 6.06. The minimum Gasteiger partial charge on any atom is -0.451 e. The van der Waals surface area contributed by atoms with E-state index in [4.69, 9.17) is 16.3 Å². The van der Waals surface area contributed by atoms with Crippen LogP contribution in [0.3, 0.4) is 0 Å². The monoisotopic (exact) mass is 378 g/mol. The molecule has 1 aromatic carbocycles. The average Bonchev–Trinajstić information content (AvgIpc) is 3.10. The Balaban J connectivity index is 1.59. The average molecular weight is 379 g/mol. The Morgan fingerprint density at radius 3 is 3.00 bits per heavy atom. The minimum atomic E-state index is -0.581. The Morgan fingerprint density at radius 2 is 2.24 bits per heavy atom. The molecule has 1 aliphatic heterocycles. The highest BCUT2D eigenvalue weighted by atomic mass is 35.5. The van der Waals surface area contributed by atoms with Crippen molar-refractivity contribution >= 4 is 34.8 Å². The molecule has 132 valence electrons. The van der Waals surface area contributed by atoms with E-state index in [0.717, 1.165) is 31.4 Å². The summed E-state index contributed by atoms with van der Waals surface area (Å²) in [7, 11) is 0. The number of benzene rings is 1. The molecule has 0 radical (unpaired) electrons. The fourth-order valence-corrected chi connectivity index (χ4v) is 3.85. The highest BCUT2D eigenvalue weighted by molar-refractivity contribution is 7.13. The number of carbonyl (C=O) groups excluding carboxylic acids is 2. The molecular weight excluding hydrogens is 360 g/mol. The van der Waals surface area contributed by atoms with E-state index in [1.165, 1.54) is 11.3 Å². The van der Waals surface area contributed by atoms with Crippen molar-refractivity contribution in [2.24, 2.45) is 0 Å². The van der Waals surface area contributed by atoms with Gasteiger partial charge in [-0.05, 0) is 38.3 Å². The zero-order chi connectivity index (χ0) is 17.8. The van der Waals surface area contributed by atoms with Gasteiger partial charge in [0.15, 0.2) is 12.3 Å². The van der Waals surface area contributed by atoms with Crippen molar-refractivity contribution in [1.29, 1.82) is 0 Å². The Bertz CT molecular complexity index is 777. The third-order valence-electron chi connectivity index (χ3n) is 4.23. The molecule has 25 heavy (non-hydrogen) atoms. The molecule has 0 bridgehead atoms. The number of piperidine rings is 1. The molecule has 2 aromatic rings. The summed E-state index contributed by atoms with van der Waals surface area (Å²) in [6, 6.07) is 7.47. The number of nitrogens with zero attached hydrogens (tertiary/aromatic N) is 2. The molecule has 1 amide bonds. The normalized spacial score (nSPS) is 17.4. The Kier molecular flexibility index (Phi) is 5.71. The van der Waals surface area contributed by atoms with Crippen LogP contribution in [0, 0.1) is 0 Å². The van der Waals surface area contributed by atoms with E-state index >= 15 is 0 Å². The van der Waals surface area contributed by atoms with E-state index < -0.39 is 5.97 Å². The van der Waals surface area contributed by atoms with Gasteiger partial charge in [0.1, 0.15) is 5.01 Å². The van der Waals surface area contributed by atoms with E-state index in [-0.39, 0.29) is 24.2 Å². The molecule has 1 atom stereocenters. The lowest BCUT2D eigenvalue weighted by atomic mass is 10.0. The Hall–Kier alpha value is -1.92. The number of likely N-dealkylation sites (tertiary alicyclic amines) is 1. The SMILES string of the molecule is C[C@H]1CCCCN1C(=O)COC(=O)c1csc(-c2cccc(Cl)c2)n1. The van der Waals surface area contributed by atoms with Gasteiger partial charge in [0, 0.05) is 28.6 Å². The lowest BCUT2D eigenvalue weighted by molar-refractivity contribution is -0.137. The van der Waals surface area contributed by atoms with Gasteiger partial charge < -0.3 is 9.64 Å². The summed E-state index contributed by atoms with van der Waals surface area (Å²) < 4.78 is 5.15. The number of hydrogen-bond acceptors (Lipinski definition) is 5. The second kappa shape index (κ2) is 7.97. The second-order valence-corrected chi connectivity index (χ2v) is 7.35. The molecule has 0 aliphatic carbocycles. The van der Waals surface area contributed by atoms with Crippen LogP contribution in [0.2, 0.25) is 5.02 Å². The van der Waals surface area contributed by atoms with Crippen molar-refractivity contribution in [2.75, 3.05) is 13.2 Å². The van der Waals surface area contributed by atoms with Crippen molar-refractivity contribution in [2.45, 2.75) is 32.2 Å². The van der Waals surface area contributed by atoms with Crippen LogP contribution in [0.1, 0.15) is 36.7 Å². The summed E-state index contributed by atoms with van der Waals surface area (Å²) in [4.78, 5) is 30.4. The number of halogens is 1. The summed E-state index contributed by atoms with van der Waals surface area (Å²) in [5, 5.41) is 2.93. The first-order valence-corrected chi connectivity index (χ1v) is 9.48. The summed E-state index contributed by atoms with van der Waals surface area (Å²) in [5.74, 6) is -0.728. The molecule has 1 saturated heterocycles. The molecule has 2 heterocycles. The number of thiazole rings is 1. The molecular formula is C18H19ClN2O3S. The number of ether oxygens (including phenoxy) is 1. The van der Waals surface area contributed by atoms with Crippen LogP contribution in [-0.4, -0.2) is 41.0 Å². The van der Waals surface area contributed by atoms with Gasteiger partial charge in [-0.25, -0.2) is 9.78 Å². The fourth-order valence-electron chi connectivity index (χ4n) is 2.87. The van der Waals surface area contributed by atoms with Crippen LogP contribution in [0.15, 0.2) is 29.6 Å². The summed E-state index contributed by atoms with van der Waals surface area (Å²) in [5.41, 5.74) is 1.05. The summed E-state index contributed by atoms with van der Waals surface area (Å²) >= 11 is 7.31. The van der Waals surface area contributed by atoms with E-state index in [1.807, 2.05) is 19.1 Å². The molecule has 1 fully saturated rings. The summed E-state index contributed by atoms with van der Waals surface area (Å²) in [6.07, 6.45) is 3.13. The lowest BCUT2D eigenvalue weighted by Crippen LogP contribution is -2.44. The number of esters is 1. The third-order valence-corrected chi connectivity index (χ3v) is 5.36. The first-order valence-electron chi connectivity index (χ1n) is 8.22. The van der Waals surface area contributed by atoms with E-state index in [2.05, 4.69) is 4.98 Å². The van der Waals surface area contributed by atoms with Gasteiger partial charge in [0.05, 0.1) is 0 Å². The smallest absolute Gasteiger partial charge is 0.358 e. The van der Waals surface area contributed by atoms with Crippen molar-refractivity contribution in [3.05, 3.63) is 40.4 Å². The van der Waals surface area contributed by atoms with Crippen LogP contribution in [-0.2, 0) is 9.53 Å². The first-order chi connectivity index (χ1) is 12.0. The van der Waals surface area contributed by atoms with Gasteiger partial charge in [-0.3, -0.25) is 4.79 Å². The van der Waals surface area contributed by atoms with Crippen LogP contribution in [0.4, 0.5) is 0 Å². The topological polar surface area (TPSA) is 59.5 Å². The van der Waals surface area contributed by atoms with Crippen molar-refractivity contribution in [3.8, 4) is 10.6 Å². The van der Waals surface area contributed by atoms with E-state index in [9.17, 15) is 9.59 Å². The first kappa shape index (κ1) is 17.9. The van der Waals surface area contributed by atoms with E-state index in [1.54, 1.807) is 22.4 Å². The number of hydrogen-bond donors (Lipinski definition) is 0. The maximum absolute atomic E-state index is 12.2. The maximum atomic E-state index is 12.2. The minimum absolute atomic E-state index is 0.147. The number of carbonyl (C=O) groups is 2. The molecule has 0 N–H and O–H groups in total. The van der Waals surface area contributed by atoms with Crippen molar-refractivity contribution in [3.63, 3.8) is 0 Å². The van der Waals surface area contributed by atoms with Crippen LogP contribution in [0.5, 0.6) is 0 Å². The van der Waals surface area contributed by atoms with Gasteiger partial charge in [-0.1, -0.05) is 23.7 Å². The lowest BCUT2D eigenvalue weighted by Gasteiger charge is -2.33. The largest absolute Gasteiger partial charge is 0.451 e. The molecule has 1 aliphatic rings. The van der Waals surface area contributed by atoms with Crippen LogP contribution in [0.25, 0.3) is 10.6 Å². The highest BCUT2D eigenvalue weighted by Crippen LogP contribution is 2.26. The van der Waals surface area contributed by atoms with Gasteiger partial charge in [-0.15, -0.1) is 11.3 Å². The van der Waals surface area contributed by atoms with Gasteiger partial charge in [-0.2, -0.15) is 0 Å². The quantitative estimate of drug-likeness (QED) is 0.754. The number of rotatable bonds is 4. The zero-order valence-electron chi connectivity index (χ0n) is 13.9. The molecule has 0 unspecified atom stereocenters. The van der Waals surface area contributed by atoms with Gasteiger partial charge in [0.2, 0.25) is 0 Å². The van der Waals surface area contributed by atoms with Crippen molar-refractivity contribution < 1.29 is 14.3 Å². The van der Waals surface area contributed by atoms with Gasteiger partial charge >= 0.3 is 5.97 Å². The molecule has 3 rings (SSSR count). The third kappa shape index (κ3) is 4.38. The highest BCUT2D eigenvalue weighted by Gasteiger charge is 2.24. The standard InChI is InChI=1S/C18H19ClN2O3S/c1-12-5-2-3-8-21(12)16(22)10-24-18(23)15-11-25-17(20-15)13-6-4-7-14(19)9-13/h4,6-7,9,11-12H,2-3,5,8,10H2,1H3/t12-/m0/s1.